The zero-order chi connectivity index (χ0) is 17.1. The highest BCUT2D eigenvalue weighted by Gasteiger charge is 2.33. The van der Waals surface area contributed by atoms with Crippen molar-refractivity contribution in [2.75, 3.05) is 11.9 Å². The number of anilines is 1. The van der Waals surface area contributed by atoms with Crippen LogP contribution in [0.5, 0.6) is 0 Å². The van der Waals surface area contributed by atoms with Crippen molar-refractivity contribution in [1.82, 2.24) is 9.88 Å². The number of nitrogens with zero attached hydrogens (tertiary/aromatic N) is 3. The number of rotatable bonds is 3. The monoisotopic (exact) mass is 322 g/mol. The number of pyridine rings is 1. The highest BCUT2D eigenvalue weighted by atomic mass is 16.2. The molecule has 6 heteroatoms. The quantitative estimate of drug-likeness (QED) is 0.879. The Balaban J connectivity index is 1.64. The molecule has 3 rings (SSSR count). The molecule has 2 heterocycles. The van der Waals surface area contributed by atoms with Crippen LogP contribution in [0.25, 0.3) is 10.9 Å². The zero-order valence-electron chi connectivity index (χ0n) is 13.4. The van der Waals surface area contributed by atoms with Gasteiger partial charge >= 0.3 is 0 Å². The standard InChI is InChI=1S/C18H18N4O2/c1-12-8-14(10-19)22(11-12)18(24)9-17(23)21-16-7-6-13-4-2-3-5-15(13)20-16/h2-7,12,14H,8-9,11H2,1H3,(H,20,21,23). The highest BCUT2D eigenvalue weighted by Crippen LogP contribution is 2.23. The van der Waals surface area contributed by atoms with Gasteiger partial charge in [-0.2, -0.15) is 5.26 Å². The van der Waals surface area contributed by atoms with Crippen molar-refractivity contribution < 1.29 is 9.59 Å². The van der Waals surface area contributed by atoms with Gasteiger partial charge in [0.05, 0.1) is 11.6 Å². The minimum Gasteiger partial charge on any atom is -0.326 e. The van der Waals surface area contributed by atoms with Gasteiger partial charge in [-0.25, -0.2) is 4.98 Å². The predicted molar refractivity (Wildman–Crippen MR) is 89.9 cm³/mol. The van der Waals surface area contributed by atoms with Crippen LogP contribution in [0.4, 0.5) is 5.82 Å². The van der Waals surface area contributed by atoms with Crippen molar-refractivity contribution in [3.63, 3.8) is 0 Å². The van der Waals surface area contributed by atoms with Crippen LogP contribution >= 0.6 is 0 Å². The van der Waals surface area contributed by atoms with Crippen LogP contribution in [0, 0.1) is 17.2 Å². The number of carbonyl (C=O) groups excluding carboxylic acids is 2. The van der Waals surface area contributed by atoms with Gasteiger partial charge in [-0.3, -0.25) is 9.59 Å². The first-order valence-corrected chi connectivity index (χ1v) is 7.91. The molecular formula is C18H18N4O2. The molecule has 1 fully saturated rings. The fourth-order valence-corrected chi connectivity index (χ4v) is 3.01. The van der Waals surface area contributed by atoms with Gasteiger partial charge in [0.2, 0.25) is 11.8 Å². The van der Waals surface area contributed by atoms with Crippen LogP contribution in [0.1, 0.15) is 19.8 Å². The molecule has 0 radical (unpaired) electrons. The summed E-state index contributed by atoms with van der Waals surface area (Å²) in [5.41, 5.74) is 0.777. The van der Waals surface area contributed by atoms with Crippen LogP contribution in [0.3, 0.4) is 0 Å². The minimum absolute atomic E-state index is 0.278. The van der Waals surface area contributed by atoms with Crippen molar-refractivity contribution >= 4 is 28.5 Å². The Morgan fingerprint density at radius 3 is 2.92 bits per heavy atom. The van der Waals surface area contributed by atoms with E-state index < -0.39 is 11.9 Å². The Morgan fingerprint density at radius 2 is 2.12 bits per heavy atom. The van der Waals surface area contributed by atoms with Gasteiger partial charge < -0.3 is 10.2 Å². The number of hydrogen-bond donors (Lipinski definition) is 1. The molecule has 1 aromatic heterocycles. The maximum atomic E-state index is 12.3. The summed E-state index contributed by atoms with van der Waals surface area (Å²) in [5.74, 6) is -0.0369. The molecule has 1 aromatic carbocycles. The number of benzene rings is 1. The second-order valence-corrected chi connectivity index (χ2v) is 6.15. The molecule has 0 spiro atoms. The summed E-state index contributed by atoms with van der Waals surface area (Å²) in [6.07, 6.45) is 0.384. The second kappa shape index (κ2) is 6.67. The van der Waals surface area contributed by atoms with Gasteiger partial charge in [0.1, 0.15) is 18.3 Å². The fourth-order valence-electron chi connectivity index (χ4n) is 3.01. The van der Waals surface area contributed by atoms with Crippen molar-refractivity contribution in [3.05, 3.63) is 36.4 Å². The van der Waals surface area contributed by atoms with Gasteiger partial charge in [0, 0.05) is 11.9 Å². The third-order valence-corrected chi connectivity index (χ3v) is 4.16. The summed E-state index contributed by atoms with van der Waals surface area (Å²) in [6.45, 7) is 2.52. The number of para-hydroxylation sites is 1. The summed E-state index contributed by atoms with van der Waals surface area (Å²) in [7, 11) is 0. The molecule has 2 amide bonds. The molecule has 2 unspecified atom stereocenters. The SMILES string of the molecule is CC1CC(C#N)N(C(=O)CC(=O)Nc2ccc3ccccc3n2)C1. The smallest absolute Gasteiger partial charge is 0.234 e. The van der Waals surface area contributed by atoms with Crippen molar-refractivity contribution in [2.45, 2.75) is 25.8 Å². The molecule has 122 valence electrons. The van der Waals surface area contributed by atoms with Crippen LogP contribution in [-0.4, -0.2) is 34.3 Å². The number of nitriles is 1. The van der Waals surface area contributed by atoms with E-state index in [9.17, 15) is 9.59 Å². The number of amides is 2. The molecule has 0 aliphatic carbocycles. The van der Waals surface area contributed by atoms with E-state index in [4.69, 9.17) is 5.26 Å². The number of carbonyl (C=O) groups is 2. The first kappa shape index (κ1) is 15.9. The maximum absolute atomic E-state index is 12.3. The molecular weight excluding hydrogens is 304 g/mol. The topological polar surface area (TPSA) is 86.1 Å². The van der Waals surface area contributed by atoms with E-state index in [-0.39, 0.29) is 18.2 Å². The minimum atomic E-state index is -0.431. The van der Waals surface area contributed by atoms with Crippen LogP contribution in [0.2, 0.25) is 0 Å². The van der Waals surface area contributed by atoms with Gasteiger partial charge in [-0.05, 0) is 30.5 Å². The Hall–Kier alpha value is -2.94. The third kappa shape index (κ3) is 3.35. The number of nitrogens with one attached hydrogen (secondary N) is 1. The molecule has 0 saturated carbocycles. The molecule has 1 N–H and O–H groups in total. The predicted octanol–water partition coefficient (Wildman–Crippen LogP) is 2.32. The molecule has 6 nitrogen and oxygen atoms in total. The van der Waals surface area contributed by atoms with Gasteiger partial charge in [0.25, 0.3) is 0 Å². The zero-order valence-corrected chi connectivity index (χ0v) is 13.4. The molecule has 2 atom stereocenters. The van der Waals surface area contributed by atoms with Crippen molar-refractivity contribution in [2.24, 2.45) is 5.92 Å². The highest BCUT2D eigenvalue weighted by molar-refractivity contribution is 6.03. The largest absolute Gasteiger partial charge is 0.326 e. The van der Waals surface area contributed by atoms with E-state index in [1.807, 2.05) is 37.3 Å². The van der Waals surface area contributed by atoms with E-state index in [0.717, 1.165) is 10.9 Å². The summed E-state index contributed by atoms with van der Waals surface area (Å²) < 4.78 is 0. The molecule has 1 aliphatic rings. The lowest BCUT2D eigenvalue weighted by molar-refractivity contribution is -0.134. The number of aromatic nitrogens is 1. The molecule has 0 bridgehead atoms. The van der Waals surface area contributed by atoms with Gasteiger partial charge in [-0.15, -0.1) is 0 Å². The van der Waals surface area contributed by atoms with Crippen LogP contribution in [0.15, 0.2) is 36.4 Å². The van der Waals surface area contributed by atoms with Gasteiger partial charge in [-0.1, -0.05) is 25.1 Å². The summed E-state index contributed by atoms with van der Waals surface area (Å²) in [4.78, 5) is 30.2. The van der Waals surface area contributed by atoms with E-state index in [1.165, 1.54) is 4.90 Å². The number of hydrogen-bond acceptors (Lipinski definition) is 4. The second-order valence-electron chi connectivity index (χ2n) is 6.15. The molecule has 24 heavy (non-hydrogen) atoms. The lowest BCUT2D eigenvalue weighted by Gasteiger charge is -2.19. The summed E-state index contributed by atoms with van der Waals surface area (Å²) in [6, 6.07) is 12.9. The lowest BCUT2D eigenvalue weighted by atomic mass is 10.1. The van der Waals surface area contributed by atoms with Crippen LogP contribution < -0.4 is 5.32 Å². The van der Waals surface area contributed by atoms with E-state index in [2.05, 4.69) is 16.4 Å². The Bertz CT molecular complexity index is 827. The Labute approximate surface area is 140 Å². The van der Waals surface area contributed by atoms with Gasteiger partial charge in [0.15, 0.2) is 0 Å². The number of fused-ring (bicyclic) bond motifs is 1. The average Bonchev–Trinajstić information content (AvgIpc) is 2.95. The van der Waals surface area contributed by atoms with E-state index in [1.54, 1.807) is 6.07 Å². The van der Waals surface area contributed by atoms with E-state index in [0.29, 0.717) is 18.8 Å². The first-order valence-electron chi connectivity index (χ1n) is 7.91. The molecule has 1 saturated heterocycles. The summed E-state index contributed by atoms with van der Waals surface area (Å²) >= 11 is 0. The van der Waals surface area contributed by atoms with Crippen LogP contribution in [-0.2, 0) is 9.59 Å². The van der Waals surface area contributed by atoms with E-state index >= 15 is 0 Å². The third-order valence-electron chi connectivity index (χ3n) is 4.16. The first-order chi connectivity index (χ1) is 11.6. The fraction of sp³-hybridized carbons (Fsp3) is 0.333. The van der Waals surface area contributed by atoms with Crippen molar-refractivity contribution in [3.8, 4) is 6.07 Å². The normalized spacial score (nSPS) is 19.9. The maximum Gasteiger partial charge on any atom is 0.234 e. The lowest BCUT2D eigenvalue weighted by Crippen LogP contribution is -2.37. The van der Waals surface area contributed by atoms with Crippen molar-refractivity contribution in [1.29, 1.82) is 5.26 Å². The molecule has 1 aliphatic heterocycles. The average molecular weight is 322 g/mol. The Kier molecular flexibility index (Phi) is 4.43. The Morgan fingerprint density at radius 1 is 1.33 bits per heavy atom. The summed E-state index contributed by atoms with van der Waals surface area (Å²) in [5, 5.41) is 12.8. The molecule has 2 aromatic rings. The number of likely N-dealkylation sites (tertiary alicyclic amines) is 1.